The Morgan fingerprint density at radius 2 is 1.77 bits per heavy atom. The summed E-state index contributed by atoms with van der Waals surface area (Å²) in [7, 11) is 0. The Morgan fingerprint density at radius 3 is 2.08 bits per heavy atom. The summed E-state index contributed by atoms with van der Waals surface area (Å²) < 4.78 is 0. The van der Waals surface area contributed by atoms with Crippen molar-refractivity contribution in [1.82, 2.24) is 9.97 Å². The van der Waals surface area contributed by atoms with Crippen LogP contribution in [-0.2, 0) is 0 Å². The van der Waals surface area contributed by atoms with Gasteiger partial charge in [0.1, 0.15) is 0 Å². The second kappa shape index (κ2) is 5.36. The molecule has 0 aliphatic rings. The van der Waals surface area contributed by atoms with Crippen molar-refractivity contribution in [2.75, 3.05) is 0 Å². The molecular formula is C11H18N2. The number of aromatic amines is 1. The molecule has 0 saturated heterocycles. The van der Waals surface area contributed by atoms with E-state index in [1.165, 1.54) is 0 Å². The summed E-state index contributed by atoms with van der Waals surface area (Å²) >= 11 is 0. The molecular weight excluding hydrogens is 160 g/mol. The predicted octanol–water partition coefficient (Wildman–Crippen LogP) is 3.50. The van der Waals surface area contributed by atoms with Gasteiger partial charge in [-0.15, -0.1) is 0 Å². The SMILES string of the molecule is C=C(C)c1nc[nH]c1C(=C)C.CC. The first-order valence-electron chi connectivity index (χ1n) is 4.48. The number of hydrogen-bond donors (Lipinski definition) is 1. The van der Waals surface area contributed by atoms with Crippen LogP contribution in [0.4, 0.5) is 0 Å². The molecule has 1 rings (SSSR count). The summed E-state index contributed by atoms with van der Waals surface area (Å²) in [5.74, 6) is 0. The van der Waals surface area contributed by atoms with E-state index in [4.69, 9.17) is 0 Å². The molecule has 0 radical (unpaired) electrons. The van der Waals surface area contributed by atoms with Crippen molar-refractivity contribution in [1.29, 1.82) is 0 Å². The van der Waals surface area contributed by atoms with Crippen LogP contribution in [0.25, 0.3) is 11.1 Å². The van der Waals surface area contributed by atoms with Gasteiger partial charge in [-0.25, -0.2) is 4.98 Å². The van der Waals surface area contributed by atoms with Crippen LogP contribution < -0.4 is 0 Å². The number of nitrogens with one attached hydrogen (secondary N) is 1. The Morgan fingerprint density at radius 1 is 1.23 bits per heavy atom. The van der Waals surface area contributed by atoms with Gasteiger partial charge in [0, 0.05) is 0 Å². The van der Waals surface area contributed by atoms with Gasteiger partial charge in [0.05, 0.1) is 17.7 Å². The number of hydrogen-bond acceptors (Lipinski definition) is 1. The second-order valence-corrected chi connectivity index (χ2v) is 2.69. The molecule has 2 heteroatoms. The molecule has 1 heterocycles. The Balaban J connectivity index is 0.000000671. The lowest BCUT2D eigenvalue weighted by Crippen LogP contribution is -1.85. The van der Waals surface area contributed by atoms with Gasteiger partial charge in [0.2, 0.25) is 0 Å². The minimum Gasteiger partial charge on any atom is -0.344 e. The highest BCUT2D eigenvalue weighted by molar-refractivity contribution is 5.71. The molecule has 0 atom stereocenters. The largest absolute Gasteiger partial charge is 0.344 e. The van der Waals surface area contributed by atoms with Gasteiger partial charge in [-0.2, -0.15) is 0 Å². The highest BCUT2D eigenvalue weighted by atomic mass is 14.9. The maximum absolute atomic E-state index is 4.12. The van der Waals surface area contributed by atoms with Crippen molar-refractivity contribution in [3.8, 4) is 0 Å². The third-order valence-electron chi connectivity index (χ3n) is 1.47. The van der Waals surface area contributed by atoms with E-state index in [-0.39, 0.29) is 0 Å². The smallest absolute Gasteiger partial charge is 0.0932 e. The summed E-state index contributed by atoms with van der Waals surface area (Å²) in [6.07, 6.45) is 1.66. The van der Waals surface area contributed by atoms with E-state index in [1.54, 1.807) is 6.33 Å². The average molecular weight is 178 g/mol. The summed E-state index contributed by atoms with van der Waals surface area (Å²) in [5, 5.41) is 0. The maximum atomic E-state index is 4.12. The summed E-state index contributed by atoms with van der Waals surface area (Å²) in [4.78, 5) is 7.14. The molecule has 0 bridgehead atoms. The van der Waals surface area contributed by atoms with Gasteiger partial charge in [0.15, 0.2) is 0 Å². The fourth-order valence-electron chi connectivity index (χ4n) is 0.943. The van der Waals surface area contributed by atoms with Crippen LogP contribution in [0.15, 0.2) is 19.5 Å². The van der Waals surface area contributed by atoms with Crippen molar-refractivity contribution < 1.29 is 0 Å². The molecule has 0 fully saturated rings. The van der Waals surface area contributed by atoms with Crippen LogP contribution >= 0.6 is 0 Å². The Hall–Kier alpha value is -1.31. The van der Waals surface area contributed by atoms with E-state index in [1.807, 2.05) is 27.7 Å². The van der Waals surface area contributed by atoms with Crippen LogP contribution in [0.3, 0.4) is 0 Å². The number of allylic oxidation sites excluding steroid dienone is 2. The van der Waals surface area contributed by atoms with Gasteiger partial charge in [-0.1, -0.05) is 27.0 Å². The van der Waals surface area contributed by atoms with E-state index in [0.717, 1.165) is 22.5 Å². The lowest BCUT2D eigenvalue weighted by atomic mass is 10.1. The lowest BCUT2D eigenvalue weighted by molar-refractivity contribution is 1.29. The number of rotatable bonds is 2. The molecule has 0 aliphatic heterocycles. The third-order valence-corrected chi connectivity index (χ3v) is 1.47. The molecule has 0 aromatic carbocycles. The zero-order valence-electron chi connectivity index (χ0n) is 8.94. The number of aromatic nitrogens is 2. The van der Waals surface area contributed by atoms with Crippen LogP contribution in [0, 0.1) is 0 Å². The van der Waals surface area contributed by atoms with Crippen molar-refractivity contribution in [2.24, 2.45) is 0 Å². The van der Waals surface area contributed by atoms with Crippen LogP contribution in [0.5, 0.6) is 0 Å². The normalized spacial score (nSPS) is 8.62. The van der Waals surface area contributed by atoms with Crippen molar-refractivity contribution in [3.05, 3.63) is 30.9 Å². The summed E-state index contributed by atoms with van der Waals surface area (Å²) in [5.41, 5.74) is 3.85. The molecule has 2 nitrogen and oxygen atoms in total. The first kappa shape index (κ1) is 11.7. The molecule has 1 N–H and O–H groups in total. The monoisotopic (exact) mass is 178 g/mol. The average Bonchev–Trinajstić information content (AvgIpc) is 2.55. The standard InChI is InChI=1S/C9H12N2.C2H6/c1-6(2)8-9(7(3)4)11-5-10-8;1-2/h5H,1,3H2,2,4H3,(H,10,11);1-2H3. The Bertz CT molecular complexity index is 266. The van der Waals surface area contributed by atoms with Crippen LogP contribution in [-0.4, -0.2) is 9.97 Å². The first-order valence-corrected chi connectivity index (χ1v) is 4.48. The number of H-pyrrole nitrogens is 1. The van der Waals surface area contributed by atoms with E-state index in [2.05, 4.69) is 23.1 Å². The fraction of sp³-hybridized carbons (Fsp3) is 0.364. The quantitative estimate of drug-likeness (QED) is 0.737. The van der Waals surface area contributed by atoms with Gasteiger partial charge in [0.25, 0.3) is 0 Å². The zero-order valence-corrected chi connectivity index (χ0v) is 8.94. The van der Waals surface area contributed by atoms with Gasteiger partial charge in [-0.3, -0.25) is 0 Å². The minimum absolute atomic E-state index is 0.914. The van der Waals surface area contributed by atoms with Gasteiger partial charge < -0.3 is 4.98 Å². The Labute approximate surface area is 80.4 Å². The van der Waals surface area contributed by atoms with Crippen molar-refractivity contribution in [2.45, 2.75) is 27.7 Å². The zero-order chi connectivity index (χ0) is 10.4. The number of imidazole rings is 1. The Kier molecular flexibility index (Phi) is 4.82. The molecule has 0 saturated carbocycles. The molecule has 1 aromatic heterocycles. The topological polar surface area (TPSA) is 28.7 Å². The summed E-state index contributed by atoms with van der Waals surface area (Å²) in [6.45, 7) is 15.5. The second-order valence-electron chi connectivity index (χ2n) is 2.69. The van der Waals surface area contributed by atoms with Crippen molar-refractivity contribution in [3.63, 3.8) is 0 Å². The minimum atomic E-state index is 0.914. The highest BCUT2D eigenvalue weighted by Crippen LogP contribution is 2.18. The van der Waals surface area contributed by atoms with Crippen LogP contribution in [0.2, 0.25) is 0 Å². The van der Waals surface area contributed by atoms with E-state index >= 15 is 0 Å². The molecule has 1 aromatic rings. The first-order chi connectivity index (χ1) is 6.13. The summed E-state index contributed by atoms with van der Waals surface area (Å²) in [6, 6.07) is 0. The third kappa shape index (κ3) is 2.90. The lowest BCUT2D eigenvalue weighted by Gasteiger charge is -1.98. The van der Waals surface area contributed by atoms with E-state index in [0.29, 0.717) is 0 Å². The molecule has 13 heavy (non-hydrogen) atoms. The van der Waals surface area contributed by atoms with Crippen molar-refractivity contribution >= 4 is 11.1 Å². The number of nitrogens with zero attached hydrogens (tertiary/aromatic N) is 1. The van der Waals surface area contributed by atoms with E-state index in [9.17, 15) is 0 Å². The molecule has 0 spiro atoms. The molecule has 72 valence electrons. The van der Waals surface area contributed by atoms with Gasteiger partial charge in [-0.05, 0) is 25.0 Å². The highest BCUT2D eigenvalue weighted by Gasteiger charge is 2.05. The fourth-order valence-corrected chi connectivity index (χ4v) is 0.943. The van der Waals surface area contributed by atoms with Crippen LogP contribution in [0.1, 0.15) is 39.1 Å². The van der Waals surface area contributed by atoms with Gasteiger partial charge >= 0.3 is 0 Å². The molecule has 0 aliphatic carbocycles. The maximum Gasteiger partial charge on any atom is 0.0932 e. The molecule has 0 amide bonds. The molecule has 0 unspecified atom stereocenters. The predicted molar refractivity (Wildman–Crippen MR) is 59.4 cm³/mol. The van der Waals surface area contributed by atoms with E-state index < -0.39 is 0 Å².